The summed E-state index contributed by atoms with van der Waals surface area (Å²) in [5.74, 6) is 6.24. The second-order valence-electron chi connectivity index (χ2n) is 3.70. The van der Waals surface area contributed by atoms with Gasteiger partial charge in [0.25, 0.3) is 0 Å². The van der Waals surface area contributed by atoms with Gasteiger partial charge in [-0.3, -0.25) is 0 Å². The van der Waals surface area contributed by atoms with Gasteiger partial charge in [-0.05, 0) is 25.0 Å². The second-order valence-corrected chi connectivity index (χ2v) is 4.46. The Morgan fingerprint density at radius 1 is 1.35 bits per heavy atom. The third kappa shape index (κ3) is 2.54. The molecule has 5 nitrogen and oxygen atoms in total. The van der Waals surface area contributed by atoms with Crippen molar-refractivity contribution in [3.8, 4) is 5.75 Å². The lowest BCUT2D eigenvalue weighted by molar-refractivity contribution is 0.297. The minimum Gasteiger partial charge on any atom is -0.487 e. The molecule has 17 heavy (non-hydrogen) atoms. The number of hydrogen-bond acceptors (Lipinski definition) is 6. The van der Waals surface area contributed by atoms with Gasteiger partial charge in [0, 0.05) is 11.5 Å². The fourth-order valence-electron chi connectivity index (χ4n) is 1.58. The van der Waals surface area contributed by atoms with Crippen LogP contribution in [0, 0.1) is 13.8 Å². The van der Waals surface area contributed by atoms with Crippen molar-refractivity contribution in [2.24, 2.45) is 5.84 Å². The van der Waals surface area contributed by atoms with Crippen molar-refractivity contribution in [1.29, 1.82) is 0 Å². The second kappa shape index (κ2) is 5.11. The fourth-order valence-corrected chi connectivity index (χ4v) is 2.06. The van der Waals surface area contributed by atoms with Gasteiger partial charge in [-0.1, -0.05) is 22.7 Å². The first kappa shape index (κ1) is 11.8. The molecule has 0 amide bonds. The molecule has 6 heteroatoms. The van der Waals surface area contributed by atoms with Crippen molar-refractivity contribution >= 4 is 16.5 Å². The highest BCUT2D eigenvalue weighted by Crippen LogP contribution is 2.25. The molecule has 1 aromatic carbocycles. The normalized spacial score (nSPS) is 10.3. The number of aromatic nitrogens is 2. The summed E-state index contributed by atoms with van der Waals surface area (Å²) in [5.41, 5.74) is 5.49. The molecule has 1 aromatic heterocycles. The Balaban J connectivity index is 2.13. The molecule has 3 N–H and O–H groups in total. The number of nitrogens with two attached hydrogens (primary N) is 1. The molecule has 0 aliphatic rings. The van der Waals surface area contributed by atoms with Crippen molar-refractivity contribution in [2.45, 2.75) is 20.5 Å². The fraction of sp³-hybridized carbons (Fsp3) is 0.273. The summed E-state index contributed by atoms with van der Waals surface area (Å²) in [7, 11) is 0. The van der Waals surface area contributed by atoms with E-state index in [1.807, 2.05) is 32.0 Å². The van der Waals surface area contributed by atoms with Gasteiger partial charge < -0.3 is 10.2 Å². The number of aryl methyl sites for hydroxylation is 2. The molecule has 0 aliphatic heterocycles. The molecule has 2 rings (SSSR count). The van der Waals surface area contributed by atoms with Crippen LogP contribution in [0.25, 0.3) is 0 Å². The van der Waals surface area contributed by atoms with Crippen LogP contribution in [0.5, 0.6) is 5.75 Å². The summed E-state index contributed by atoms with van der Waals surface area (Å²) in [4.78, 5) is 0. The predicted molar refractivity (Wildman–Crippen MR) is 68.0 cm³/mol. The highest BCUT2D eigenvalue weighted by molar-refractivity contribution is 7.10. The summed E-state index contributed by atoms with van der Waals surface area (Å²) >= 11 is 1.22. The zero-order chi connectivity index (χ0) is 12.3. The SMILES string of the molecule is Cc1cccc(C)c1OCc1nnsc1NN. The van der Waals surface area contributed by atoms with E-state index in [1.54, 1.807) is 0 Å². The summed E-state index contributed by atoms with van der Waals surface area (Å²) in [5, 5.41) is 4.70. The lowest BCUT2D eigenvalue weighted by atomic mass is 10.1. The number of rotatable bonds is 4. The van der Waals surface area contributed by atoms with Gasteiger partial charge in [0.2, 0.25) is 0 Å². The largest absolute Gasteiger partial charge is 0.487 e. The summed E-state index contributed by atoms with van der Waals surface area (Å²) in [6.07, 6.45) is 0. The molecule has 0 radical (unpaired) electrons. The summed E-state index contributed by atoms with van der Waals surface area (Å²) < 4.78 is 9.58. The van der Waals surface area contributed by atoms with E-state index in [2.05, 4.69) is 15.0 Å². The van der Waals surface area contributed by atoms with E-state index in [1.165, 1.54) is 11.5 Å². The standard InChI is InChI=1S/C11H14N4OS/c1-7-4-3-5-8(2)10(7)16-6-9-11(13-12)17-15-14-9/h3-5,13H,6,12H2,1-2H3. The van der Waals surface area contributed by atoms with Gasteiger partial charge in [0.15, 0.2) is 5.00 Å². The van der Waals surface area contributed by atoms with E-state index in [-0.39, 0.29) is 0 Å². The van der Waals surface area contributed by atoms with Crippen molar-refractivity contribution in [3.63, 3.8) is 0 Å². The monoisotopic (exact) mass is 250 g/mol. The number of benzene rings is 1. The average molecular weight is 250 g/mol. The highest BCUT2D eigenvalue weighted by atomic mass is 32.1. The van der Waals surface area contributed by atoms with Crippen LogP contribution in [0.1, 0.15) is 16.8 Å². The van der Waals surface area contributed by atoms with Crippen molar-refractivity contribution < 1.29 is 4.74 Å². The Labute approximate surface area is 104 Å². The highest BCUT2D eigenvalue weighted by Gasteiger charge is 2.09. The van der Waals surface area contributed by atoms with E-state index in [0.717, 1.165) is 27.6 Å². The smallest absolute Gasteiger partial charge is 0.150 e. The maximum absolute atomic E-state index is 5.76. The molecule has 0 aliphatic carbocycles. The first-order valence-corrected chi connectivity index (χ1v) is 5.96. The van der Waals surface area contributed by atoms with E-state index in [4.69, 9.17) is 10.6 Å². The molecular formula is C11H14N4OS. The Kier molecular flexibility index (Phi) is 3.55. The molecule has 0 fully saturated rings. The average Bonchev–Trinajstić information content (AvgIpc) is 2.76. The molecule has 0 saturated carbocycles. The van der Waals surface area contributed by atoms with Crippen LogP contribution in [0.3, 0.4) is 0 Å². The molecule has 0 atom stereocenters. The van der Waals surface area contributed by atoms with Crippen LogP contribution in [0.2, 0.25) is 0 Å². The third-order valence-corrected chi connectivity index (χ3v) is 3.15. The third-order valence-electron chi connectivity index (χ3n) is 2.45. The lowest BCUT2D eigenvalue weighted by Gasteiger charge is -2.10. The maximum atomic E-state index is 5.76. The molecular weight excluding hydrogens is 236 g/mol. The van der Waals surface area contributed by atoms with Crippen molar-refractivity contribution in [3.05, 3.63) is 35.0 Å². The van der Waals surface area contributed by atoms with Crippen LogP contribution in [0.4, 0.5) is 5.00 Å². The van der Waals surface area contributed by atoms with Gasteiger partial charge in [0.05, 0.1) is 0 Å². The minimum absolute atomic E-state index is 0.363. The Bertz CT molecular complexity index is 492. The summed E-state index contributed by atoms with van der Waals surface area (Å²) in [6, 6.07) is 6.04. The van der Waals surface area contributed by atoms with Crippen LogP contribution in [-0.4, -0.2) is 9.59 Å². The first-order valence-electron chi connectivity index (χ1n) is 5.19. The molecule has 0 bridgehead atoms. The van der Waals surface area contributed by atoms with E-state index < -0.39 is 0 Å². The van der Waals surface area contributed by atoms with E-state index in [0.29, 0.717) is 6.61 Å². The molecule has 0 spiro atoms. The number of ether oxygens (including phenoxy) is 1. The topological polar surface area (TPSA) is 73.1 Å². The minimum atomic E-state index is 0.363. The number of para-hydroxylation sites is 1. The van der Waals surface area contributed by atoms with Gasteiger partial charge in [0.1, 0.15) is 18.1 Å². The Morgan fingerprint density at radius 2 is 2.06 bits per heavy atom. The Hall–Kier alpha value is -1.66. The van der Waals surface area contributed by atoms with Gasteiger partial charge in [-0.2, -0.15) is 0 Å². The van der Waals surface area contributed by atoms with E-state index >= 15 is 0 Å². The first-order chi connectivity index (χ1) is 8.22. The zero-order valence-electron chi connectivity index (χ0n) is 9.73. The Morgan fingerprint density at radius 3 is 2.71 bits per heavy atom. The van der Waals surface area contributed by atoms with Gasteiger partial charge >= 0.3 is 0 Å². The number of anilines is 1. The predicted octanol–water partition coefficient (Wildman–Crippen LogP) is 2.02. The summed E-state index contributed by atoms with van der Waals surface area (Å²) in [6.45, 7) is 4.40. The number of hydrogen-bond donors (Lipinski definition) is 2. The van der Waals surface area contributed by atoms with Gasteiger partial charge in [-0.25, -0.2) is 5.84 Å². The molecule has 0 unspecified atom stereocenters. The maximum Gasteiger partial charge on any atom is 0.150 e. The lowest BCUT2D eigenvalue weighted by Crippen LogP contribution is -2.09. The molecule has 90 valence electrons. The van der Waals surface area contributed by atoms with E-state index in [9.17, 15) is 0 Å². The van der Waals surface area contributed by atoms with Crippen LogP contribution in [-0.2, 0) is 6.61 Å². The molecule has 0 saturated heterocycles. The number of nitrogen functional groups attached to an aromatic ring is 1. The van der Waals surface area contributed by atoms with Crippen molar-refractivity contribution in [1.82, 2.24) is 9.59 Å². The quantitative estimate of drug-likeness (QED) is 0.641. The number of nitrogens with zero attached hydrogens (tertiary/aromatic N) is 2. The van der Waals surface area contributed by atoms with Gasteiger partial charge in [-0.15, -0.1) is 5.10 Å². The molecule has 1 heterocycles. The zero-order valence-corrected chi connectivity index (χ0v) is 10.5. The van der Waals surface area contributed by atoms with Crippen LogP contribution in [0.15, 0.2) is 18.2 Å². The van der Waals surface area contributed by atoms with Crippen LogP contribution < -0.4 is 16.0 Å². The number of hydrazine groups is 1. The number of nitrogens with one attached hydrogen (secondary N) is 1. The van der Waals surface area contributed by atoms with Crippen LogP contribution >= 0.6 is 11.5 Å². The van der Waals surface area contributed by atoms with Crippen molar-refractivity contribution in [2.75, 3.05) is 5.43 Å². The molecule has 2 aromatic rings.